The molecule has 1 unspecified atom stereocenters. The van der Waals surface area contributed by atoms with E-state index in [1.165, 1.54) is 11.1 Å². The molecule has 1 aliphatic carbocycles. The molecule has 158 valence electrons. The second-order valence-electron chi connectivity index (χ2n) is 7.74. The molecule has 0 bridgehead atoms. The highest BCUT2D eigenvalue weighted by Gasteiger charge is 2.46. The summed E-state index contributed by atoms with van der Waals surface area (Å²) in [5, 5.41) is 2.95. The first-order valence-electron chi connectivity index (χ1n) is 10.0. The number of methoxy groups -OCH3 is 2. The molecule has 1 aromatic carbocycles. The second-order valence-corrected chi connectivity index (χ2v) is 9.87. The smallest absolute Gasteiger partial charge is 0.242 e. The maximum Gasteiger partial charge on any atom is 0.242 e. The number of rotatable bonds is 6. The summed E-state index contributed by atoms with van der Waals surface area (Å²) in [5.74, 6) is 2.19. The van der Waals surface area contributed by atoms with Crippen molar-refractivity contribution in [3.63, 3.8) is 0 Å². The molecule has 0 radical (unpaired) electrons. The summed E-state index contributed by atoms with van der Waals surface area (Å²) in [4.78, 5) is 28.6. The number of aryl methyl sites for hydroxylation is 1. The Morgan fingerprint density at radius 1 is 1.21 bits per heavy atom. The van der Waals surface area contributed by atoms with E-state index in [0.29, 0.717) is 11.8 Å². The Balaban J connectivity index is 1.46. The van der Waals surface area contributed by atoms with E-state index in [9.17, 15) is 9.59 Å². The van der Waals surface area contributed by atoms with Gasteiger partial charge in [-0.3, -0.25) is 14.9 Å². The lowest BCUT2D eigenvalue weighted by molar-refractivity contribution is -0.157. The molecule has 1 aromatic rings. The van der Waals surface area contributed by atoms with Crippen LogP contribution in [0.4, 0.5) is 0 Å². The van der Waals surface area contributed by atoms with E-state index < -0.39 is 12.3 Å². The summed E-state index contributed by atoms with van der Waals surface area (Å²) in [5.41, 5.74) is 2.62. The second kappa shape index (κ2) is 9.39. The van der Waals surface area contributed by atoms with Gasteiger partial charge in [-0.15, -0.1) is 23.5 Å². The molecule has 8 heteroatoms. The van der Waals surface area contributed by atoms with Crippen LogP contribution in [0.15, 0.2) is 24.3 Å². The van der Waals surface area contributed by atoms with Crippen LogP contribution in [0.3, 0.4) is 0 Å². The Morgan fingerprint density at radius 3 is 2.72 bits per heavy atom. The van der Waals surface area contributed by atoms with Gasteiger partial charge in [0.1, 0.15) is 6.04 Å². The monoisotopic (exact) mass is 436 g/mol. The minimum Gasteiger partial charge on any atom is -0.354 e. The molecule has 3 aliphatic rings. The third-order valence-corrected chi connectivity index (χ3v) is 8.38. The highest BCUT2D eigenvalue weighted by molar-refractivity contribution is 8.01. The standard InChI is InChI=1S/C21H28N2O4S2/c1-26-21(27-2)16-10-28-12-23(16)20(25)17-19(29-11-22-17)18(24)15-8-7-13-5-3-4-6-14(13)9-15/h3-6,15-17,19,21-22H,7-12H2,1-2H3/t15-,16+,17+,19?/m1/s1. The fourth-order valence-electron chi connectivity index (χ4n) is 4.57. The van der Waals surface area contributed by atoms with Gasteiger partial charge in [-0.2, -0.15) is 0 Å². The van der Waals surface area contributed by atoms with Crippen molar-refractivity contribution in [2.45, 2.75) is 42.9 Å². The zero-order valence-electron chi connectivity index (χ0n) is 16.8. The summed E-state index contributed by atoms with van der Waals surface area (Å²) < 4.78 is 10.8. The molecule has 29 heavy (non-hydrogen) atoms. The maximum absolute atomic E-state index is 13.4. The number of hydrogen-bond donors (Lipinski definition) is 1. The molecule has 1 amide bonds. The third-order valence-electron chi connectivity index (χ3n) is 6.15. The Bertz CT molecular complexity index is 758. The molecular formula is C21H28N2O4S2. The molecule has 4 atom stereocenters. The van der Waals surface area contributed by atoms with Crippen LogP contribution in [-0.4, -0.2) is 71.9 Å². The van der Waals surface area contributed by atoms with E-state index >= 15 is 0 Å². The number of ketones is 1. The summed E-state index contributed by atoms with van der Waals surface area (Å²) >= 11 is 3.26. The van der Waals surface area contributed by atoms with Crippen molar-refractivity contribution in [2.24, 2.45) is 5.92 Å². The van der Waals surface area contributed by atoms with Crippen molar-refractivity contribution < 1.29 is 19.1 Å². The summed E-state index contributed by atoms with van der Waals surface area (Å²) in [6.45, 7) is 0. The topological polar surface area (TPSA) is 67.9 Å². The van der Waals surface area contributed by atoms with Gasteiger partial charge >= 0.3 is 0 Å². The minimum absolute atomic E-state index is 0.00736. The molecule has 2 heterocycles. The number of carbonyl (C=O) groups is 2. The van der Waals surface area contributed by atoms with E-state index in [1.807, 2.05) is 11.0 Å². The molecule has 2 fully saturated rings. The van der Waals surface area contributed by atoms with Gasteiger partial charge in [-0.25, -0.2) is 0 Å². The Kier molecular flexibility index (Phi) is 6.86. The highest BCUT2D eigenvalue weighted by Crippen LogP contribution is 2.34. The van der Waals surface area contributed by atoms with Crippen LogP contribution in [0.1, 0.15) is 17.5 Å². The number of nitrogens with one attached hydrogen (secondary N) is 1. The van der Waals surface area contributed by atoms with E-state index in [0.717, 1.165) is 25.0 Å². The lowest BCUT2D eigenvalue weighted by atomic mass is 9.80. The number of Topliss-reactive ketones (excluding diaryl/α,β-unsaturated/α-hetero) is 1. The quantitative estimate of drug-likeness (QED) is 0.683. The number of fused-ring (bicyclic) bond motifs is 1. The van der Waals surface area contributed by atoms with E-state index in [1.54, 1.807) is 37.7 Å². The van der Waals surface area contributed by atoms with Crippen LogP contribution in [-0.2, 0) is 31.9 Å². The van der Waals surface area contributed by atoms with Crippen molar-refractivity contribution >= 4 is 35.2 Å². The number of thioether (sulfide) groups is 2. The van der Waals surface area contributed by atoms with Crippen LogP contribution in [0.2, 0.25) is 0 Å². The fourth-order valence-corrected chi connectivity index (χ4v) is 6.98. The number of benzene rings is 1. The van der Waals surface area contributed by atoms with Crippen molar-refractivity contribution in [3.05, 3.63) is 35.4 Å². The molecule has 1 N–H and O–H groups in total. The summed E-state index contributed by atoms with van der Waals surface area (Å²) in [7, 11) is 3.19. The Morgan fingerprint density at radius 2 is 1.97 bits per heavy atom. The van der Waals surface area contributed by atoms with Crippen LogP contribution >= 0.6 is 23.5 Å². The number of hydrogen-bond acceptors (Lipinski definition) is 7. The van der Waals surface area contributed by atoms with Crippen LogP contribution in [0, 0.1) is 5.92 Å². The molecule has 2 aliphatic heterocycles. The molecule has 0 spiro atoms. The number of amides is 1. The van der Waals surface area contributed by atoms with Gasteiger partial charge in [0.2, 0.25) is 5.91 Å². The first-order chi connectivity index (χ1) is 14.1. The zero-order valence-corrected chi connectivity index (χ0v) is 18.5. The van der Waals surface area contributed by atoms with Crippen LogP contribution < -0.4 is 5.32 Å². The number of nitrogens with zero attached hydrogens (tertiary/aromatic N) is 1. The molecule has 0 aromatic heterocycles. The van der Waals surface area contributed by atoms with Gasteiger partial charge in [0.25, 0.3) is 0 Å². The average molecular weight is 437 g/mol. The Labute approximate surface area is 180 Å². The molecule has 2 saturated heterocycles. The predicted molar refractivity (Wildman–Crippen MR) is 116 cm³/mol. The van der Waals surface area contributed by atoms with Crippen molar-refractivity contribution in [1.29, 1.82) is 0 Å². The molecular weight excluding hydrogens is 408 g/mol. The minimum atomic E-state index is -0.472. The normalized spacial score (nSPS) is 29.3. The van der Waals surface area contributed by atoms with Gasteiger partial charge in [0.05, 0.1) is 17.2 Å². The first kappa shape index (κ1) is 21.2. The molecule has 4 rings (SSSR count). The maximum atomic E-state index is 13.4. The zero-order chi connectivity index (χ0) is 20.4. The van der Waals surface area contributed by atoms with Gasteiger partial charge in [0, 0.05) is 31.8 Å². The largest absolute Gasteiger partial charge is 0.354 e. The molecule has 0 saturated carbocycles. The van der Waals surface area contributed by atoms with Crippen LogP contribution in [0.5, 0.6) is 0 Å². The summed E-state index contributed by atoms with van der Waals surface area (Å²) in [6, 6.07) is 7.77. The number of carbonyl (C=O) groups excluding carboxylic acids is 2. The number of ether oxygens (including phenoxy) is 2. The Hall–Kier alpha value is -1.06. The lowest BCUT2D eigenvalue weighted by Gasteiger charge is -2.32. The van der Waals surface area contributed by atoms with Crippen molar-refractivity contribution in [3.8, 4) is 0 Å². The van der Waals surface area contributed by atoms with Crippen molar-refractivity contribution in [1.82, 2.24) is 10.2 Å². The van der Waals surface area contributed by atoms with Gasteiger partial charge in [-0.1, -0.05) is 24.3 Å². The predicted octanol–water partition coefficient (Wildman–Crippen LogP) is 1.91. The van der Waals surface area contributed by atoms with E-state index in [4.69, 9.17) is 9.47 Å². The van der Waals surface area contributed by atoms with Gasteiger partial charge in [0.15, 0.2) is 12.1 Å². The third kappa shape index (κ3) is 4.23. The average Bonchev–Trinajstić information content (AvgIpc) is 3.43. The van der Waals surface area contributed by atoms with E-state index in [2.05, 4.69) is 23.5 Å². The van der Waals surface area contributed by atoms with Crippen LogP contribution in [0.25, 0.3) is 0 Å². The lowest BCUT2D eigenvalue weighted by Crippen LogP contribution is -2.55. The summed E-state index contributed by atoms with van der Waals surface area (Å²) in [6.07, 6.45) is 2.13. The van der Waals surface area contributed by atoms with Gasteiger partial charge in [-0.05, 0) is 30.4 Å². The highest BCUT2D eigenvalue weighted by atomic mass is 32.2. The van der Waals surface area contributed by atoms with E-state index in [-0.39, 0.29) is 28.9 Å². The fraction of sp³-hybridized carbons (Fsp3) is 0.619. The first-order valence-corrected chi connectivity index (χ1v) is 12.2. The SMILES string of the molecule is COC(OC)[C@@H]1CSCN1C(=O)[C@H]1NCSC1C(=O)[C@@H]1CCc2ccccc2C1. The molecule has 6 nitrogen and oxygen atoms in total. The van der Waals surface area contributed by atoms with Crippen molar-refractivity contribution in [2.75, 3.05) is 31.7 Å². The van der Waals surface area contributed by atoms with Gasteiger partial charge < -0.3 is 14.4 Å².